The van der Waals surface area contributed by atoms with Crippen LogP contribution in [0.5, 0.6) is 0 Å². The molecule has 0 aliphatic carbocycles. The number of amides is 1. The van der Waals surface area contributed by atoms with Gasteiger partial charge >= 0.3 is 5.97 Å². The first-order valence-corrected chi connectivity index (χ1v) is 6.71. The Kier molecular flexibility index (Phi) is 4.16. The Labute approximate surface area is 116 Å². The monoisotopic (exact) mass is 278 g/mol. The summed E-state index contributed by atoms with van der Waals surface area (Å²) >= 11 is 0. The molecule has 20 heavy (non-hydrogen) atoms. The molecule has 1 aromatic heterocycles. The van der Waals surface area contributed by atoms with Crippen molar-refractivity contribution in [1.82, 2.24) is 14.8 Å². The van der Waals surface area contributed by atoms with Crippen LogP contribution in [0.4, 0.5) is 0 Å². The SMILES string of the molecule is CCc1cc(CN2N=C(C(=O)O)CCC2=O)n(CC)n1. The number of carboxylic acid groups (broad SMARTS) is 1. The molecule has 1 aliphatic heterocycles. The van der Waals surface area contributed by atoms with Crippen molar-refractivity contribution in [2.75, 3.05) is 0 Å². The highest BCUT2D eigenvalue weighted by atomic mass is 16.4. The quantitative estimate of drug-likeness (QED) is 0.871. The van der Waals surface area contributed by atoms with E-state index >= 15 is 0 Å². The lowest BCUT2D eigenvalue weighted by atomic mass is 10.1. The molecule has 0 unspecified atom stereocenters. The number of nitrogens with zero attached hydrogens (tertiary/aromatic N) is 4. The zero-order chi connectivity index (χ0) is 14.7. The molecular formula is C13H18N4O3. The Balaban J connectivity index is 2.23. The van der Waals surface area contributed by atoms with Gasteiger partial charge in [0.15, 0.2) is 0 Å². The molecule has 0 fully saturated rings. The van der Waals surface area contributed by atoms with Gasteiger partial charge in [-0.1, -0.05) is 6.92 Å². The van der Waals surface area contributed by atoms with Crippen LogP contribution >= 0.6 is 0 Å². The zero-order valence-corrected chi connectivity index (χ0v) is 11.7. The van der Waals surface area contributed by atoms with E-state index in [0.717, 1.165) is 17.8 Å². The second kappa shape index (κ2) is 5.85. The van der Waals surface area contributed by atoms with E-state index in [4.69, 9.17) is 5.11 Å². The standard InChI is InChI=1S/C13H18N4O3/c1-3-9-7-10(16(4-2)14-9)8-17-12(18)6-5-11(15-17)13(19)20/h7H,3-6,8H2,1-2H3,(H,19,20). The predicted molar refractivity (Wildman–Crippen MR) is 72.1 cm³/mol. The van der Waals surface area contributed by atoms with E-state index < -0.39 is 5.97 Å². The summed E-state index contributed by atoms with van der Waals surface area (Å²) in [6.07, 6.45) is 1.20. The Morgan fingerprint density at radius 3 is 2.75 bits per heavy atom. The molecular weight excluding hydrogens is 260 g/mol. The molecule has 1 aromatic rings. The van der Waals surface area contributed by atoms with Crippen molar-refractivity contribution in [2.24, 2.45) is 5.10 Å². The molecule has 0 saturated heterocycles. The molecule has 1 N–H and O–H groups in total. The average Bonchev–Trinajstić information content (AvgIpc) is 2.83. The molecule has 7 nitrogen and oxygen atoms in total. The van der Waals surface area contributed by atoms with Crippen LogP contribution in [0.2, 0.25) is 0 Å². The lowest BCUT2D eigenvalue weighted by molar-refractivity contribution is -0.133. The maximum absolute atomic E-state index is 11.8. The molecule has 1 aliphatic rings. The molecule has 0 aromatic carbocycles. The van der Waals surface area contributed by atoms with Crippen molar-refractivity contribution >= 4 is 17.6 Å². The van der Waals surface area contributed by atoms with E-state index in [0.29, 0.717) is 6.54 Å². The van der Waals surface area contributed by atoms with Gasteiger partial charge in [0, 0.05) is 19.4 Å². The van der Waals surface area contributed by atoms with Crippen molar-refractivity contribution in [1.29, 1.82) is 0 Å². The summed E-state index contributed by atoms with van der Waals surface area (Å²) in [6, 6.07) is 1.93. The fourth-order valence-electron chi connectivity index (χ4n) is 2.12. The number of carboxylic acids is 1. The van der Waals surface area contributed by atoms with Gasteiger partial charge in [-0.05, 0) is 19.4 Å². The van der Waals surface area contributed by atoms with Gasteiger partial charge in [0.25, 0.3) is 0 Å². The number of carbonyl (C=O) groups is 2. The van der Waals surface area contributed by atoms with Crippen molar-refractivity contribution in [2.45, 2.75) is 46.2 Å². The number of aliphatic carboxylic acids is 1. The van der Waals surface area contributed by atoms with Crippen molar-refractivity contribution in [3.8, 4) is 0 Å². The van der Waals surface area contributed by atoms with Gasteiger partial charge in [-0.2, -0.15) is 10.2 Å². The molecule has 0 atom stereocenters. The molecule has 0 saturated carbocycles. The number of hydrogen-bond donors (Lipinski definition) is 1. The molecule has 0 bridgehead atoms. The van der Waals surface area contributed by atoms with Gasteiger partial charge in [0.1, 0.15) is 5.71 Å². The molecule has 1 amide bonds. The Morgan fingerprint density at radius 1 is 1.40 bits per heavy atom. The topological polar surface area (TPSA) is 87.8 Å². The Morgan fingerprint density at radius 2 is 2.15 bits per heavy atom. The third-order valence-electron chi connectivity index (χ3n) is 3.24. The zero-order valence-electron chi connectivity index (χ0n) is 11.7. The Hall–Kier alpha value is -2.18. The second-order valence-electron chi connectivity index (χ2n) is 4.60. The third kappa shape index (κ3) is 2.87. The first-order valence-electron chi connectivity index (χ1n) is 6.71. The van der Waals surface area contributed by atoms with Crippen LogP contribution in [0, 0.1) is 0 Å². The summed E-state index contributed by atoms with van der Waals surface area (Å²) in [5, 5.41) is 18.5. The van der Waals surface area contributed by atoms with E-state index in [1.807, 2.05) is 24.6 Å². The lowest BCUT2D eigenvalue weighted by Crippen LogP contribution is -2.34. The summed E-state index contributed by atoms with van der Waals surface area (Å²) in [5.74, 6) is -1.22. The van der Waals surface area contributed by atoms with Crippen LogP contribution < -0.4 is 0 Å². The third-order valence-corrected chi connectivity index (χ3v) is 3.24. The summed E-state index contributed by atoms with van der Waals surface area (Å²) < 4.78 is 1.82. The highest BCUT2D eigenvalue weighted by Gasteiger charge is 2.25. The van der Waals surface area contributed by atoms with Crippen LogP contribution in [-0.4, -0.2) is 37.5 Å². The van der Waals surface area contributed by atoms with Crippen molar-refractivity contribution < 1.29 is 14.7 Å². The van der Waals surface area contributed by atoms with E-state index in [-0.39, 0.29) is 31.0 Å². The maximum atomic E-state index is 11.8. The highest BCUT2D eigenvalue weighted by Crippen LogP contribution is 2.15. The molecule has 0 spiro atoms. The summed E-state index contributed by atoms with van der Waals surface area (Å²) in [6.45, 7) is 4.95. The second-order valence-corrected chi connectivity index (χ2v) is 4.60. The van der Waals surface area contributed by atoms with Crippen LogP contribution in [0.3, 0.4) is 0 Å². The number of hydrogen-bond acceptors (Lipinski definition) is 4. The highest BCUT2D eigenvalue weighted by molar-refractivity contribution is 6.36. The normalized spacial score (nSPS) is 15.4. The largest absolute Gasteiger partial charge is 0.477 e. The van der Waals surface area contributed by atoms with E-state index in [1.54, 1.807) is 0 Å². The van der Waals surface area contributed by atoms with E-state index in [1.165, 1.54) is 5.01 Å². The van der Waals surface area contributed by atoms with Gasteiger partial charge in [0.05, 0.1) is 17.9 Å². The first kappa shape index (κ1) is 14.2. The predicted octanol–water partition coefficient (Wildman–Crippen LogP) is 1.03. The molecule has 0 radical (unpaired) electrons. The number of hydrazone groups is 1. The van der Waals surface area contributed by atoms with Gasteiger partial charge in [-0.3, -0.25) is 9.48 Å². The van der Waals surface area contributed by atoms with Gasteiger partial charge in [-0.15, -0.1) is 0 Å². The fourth-order valence-corrected chi connectivity index (χ4v) is 2.12. The van der Waals surface area contributed by atoms with Gasteiger partial charge in [0.2, 0.25) is 5.91 Å². The van der Waals surface area contributed by atoms with Crippen LogP contribution in [0.15, 0.2) is 11.2 Å². The molecule has 7 heteroatoms. The fraction of sp³-hybridized carbons (Fsp3) is 0.538. The molecule has 2 heterocycles. The smallest absolute Gasteiger partial charge is 0.352 e. The van der Waals surface area contributed by atoms with Crippen molar-refractivity contribution in [3.05, 3.63) is 17.5 Å². The minimum absolute atomic E-state index is 0.0304. The maximum Gasteiger partial charge on any atom is 0.352 e. The van der Waals surface area contributed by atoms with E-state index in [9.17, 15) is 9.59 Å². The number of aryl methyl sites for hydroxylation is 2. The van der Waals surface area contributed by atoms with Crippen LogP contribution in [0.1, 0.15) is 38.1 Å². The first-order chi connectivity index (χ1) is 9.55. The summed E-state index contributed by atoms with van der Waals surface area (Å²) in [7, 11) is 0. The summed E-state index contributed by atoms with van der Waals surface area (Å²) in [4.78, 5) is 22.8. The number of aromatic nitrogens is 2. The minimum Gasteiger partial charge on any atom is -0.477 e. The Bertz CT molecular complexity index is 562. The van der Waals surface area contributed by atoms with Crippen molar-refractivity contribution in [3.63, 3.8) is 0 Å². The molecule has 108 valence electrons. The van der Waals surface area contributed by atoms with Gasteiger partial charge in [-0.25, -0.2) is 9.80 Å². The van der Waals surface area contributed by atoms with E-state index in [2.05, 4.69) is 10.2 Å². The van der Waals surface area contributed by atoms with Gasteiger partial charge < -0.3 is 5.11 Å². The lowest BCUT2D eigenvalue weighted by Gasteiger charge is -2.22. The number of rotatable bonds is 5. The summed E-state index contributed by atoms with van der Waals surface area (Å²) in [5.41, 5.74) is 1.85. The van der Waals surface area contributed by atoms with Crippen LogP contribution in [-0.2, 0) is 29.1 Å². The minimum atomic E-state index is -1.07. The average molecular weight is 278 g/mol. The number of carbonyl (C=O) groups excluding carboxylic acids is 1. The molecule has 2 rings (SSSR count). The van der Waals surface area contributed by atoms with Crippen LogP contribution in [0.25, 0.3) is 0 Å².